The summed E-state index contributed by atoms with van der Waals surface area (Å²) >= 11 is 1.79. The van der Waals surface area contributed by atoms with Crippen molar-refractivity contribution in [1.29, 1.82) is 0 Å². The number of nitrogens with zero attached hydrogens (tertiary/aromatic N) is 3. The maximum absolute atomic E-state index is 4.76. The summed E-state index contributed by atoms with van der Waals surface area (Å²) in [4.78, 5) is 14.3. The Morgan fingerprint density at radius 1 is 1.21 bits per heavy atom. The fourth-order valence-electron chi connectivity index (χ4n) is 2.94. The fraction of sp³-hybridized carbons (Fsp3) is 0.600. The van der Waals surface area contributed by atoms with E-state index in [-0.39, 0.29) is 0 Å². The van der Waals surface area contributed by atoms with Gasteiger partial charge < -0.3 is 4.90 Å². The Labute approximate surface area is 118 Å². The van der Waals surface area contributed by atoms with Crippen molar-refractivity contribution in [2.24, 2.45) is 5.92 Å². The molecule has 0 aliphatic carbocycles. The summed E-state index contributed by atoms with van der Waals surface area (Å²) in [6.07, 6.45) is 2.61. The molecule has 1 aliphatic rings. The van der Waals surface area contributed by atoms with Crippen LogP contribution in [0.3, 0.4) is 0 Å². The number of piperidine rings is 1. The molecule has 3 rings (SSSR count). The average molecular weight is 275 g/mol. The molecule has 19 heavy (non-hydrogen) atoms. The standard InChI is InChI=1S/C15H21N3S/c1-9-6-5-7-18(8-9)14-13-10(2)11(3)19-15(13)17-12(4)16-14/h9H,5-8H2,1-4H3. The number of thiophene rings is 1. The van der Waals surface area contributed by atoms with Crippen molar-refractivity contribution >= 4 is 27.4 Å². The van der Waals surface area contributed by atoms with Crippen LogP contribution in [0, 0.1) is 26.7 Å². The van der Waals surface area contributed by atoms with Crippen molar-refractivity contribution in [2.75, 3.05) is 18.0 Å². The van der Waals surface area contributed by atoms with E-state index in [0.29, 0.717) is 0 Å². The molecule has 3 heterocycles. The van der Waals surface area contributed by atoms with Crippen molar-refractivity contribution in [3.05, 3.63) is 16.3 Å². The Bertz CT molecular complexity index is 617. The molecule has 1 unspecified atom stereocenters. The molecule has 0 spiro atoms. The van der Waals surface area contributed by atoms with E-state index in [0.717, 1.165) is 35.5 Å². The number of aryl methyl sites for hydroxylation is 3. The molecule has 1 saturated heterocycles. The average Bonchev–Trinajstić information content (AvgIpc) is 2.64. The van der Waals surface area contributed by atoms with Crippen LogP contribution in [0.4, 0.5) is 5.82 Å². The molecule has 2 aromatic heterocycles. The maximum Gasteiger partial charge on any atom is 0.141 e. The van der Waals surface area contributed by atoms with E-state index < -0.39 is 0 Å². The first-order valence-corrected chi connectivity index (χ1v) is 7.87. The van der Waals surface area contributed by atoms with E-state index in [1.165, 1.54) is 28.7 Å². The van der Waals surface area contributed by atoms with Gasteiger partial charge >= 0.3 is 0 Å². The van der Waals surface area contributed by atoms with Crippen LogP contribution in [-0.2, 0) is 0 Å². The van der Waals surface area contributed by atoms with Gasteiger partial charge in [-0.3, -0.25) is 0 Å². The predicted octanol–water partition coefficient (Wildman–Crippen LogP) is 3.85. The monoisotopic (exact) mass is 275 g/mol. The second-order valence-electron chi connectivity index (χ2n) is 5.75. The van der Waals surface area contributed by atoms with Gasteiger partial charge in [0.2, 0.25) is 0 Å². The van der Waals surface area contributed by atoms with E-state index in [2.05, 4.69) is 30.7 Å². The Balaban J connectivity index is 2.16. The normalized spacial score (nSPS) is 20.2. The summed E-state index contributed by atoms with van der Waals surface area (Å²) in [6, 6.07) is 0. The van der Waals surface area contributed by atoms with Crippen LogP contribution in [0.2, 0.25) is 0 Å². The maximum atomic E-state index is 4.76. The number of hydrogen-bond donors (Lipinski definition) is 0. The first kappa shape index (κ1) is 12.9. The first-order chi connectivity index (χ1) is 9.06. The number of rotatable bonds is 1. The van der Waals surface area contributed by atoms with E-state index in [9.17, 15) is 0 Å². The summed E-state index contributed by atoms with van der Waals surface area (Å²) in [5, 5.41) is 1.28. The lowest BCUT2D eigenvalue weighted by atomic mass is 10.00. The van der Waals surface area contributed by atoms with Crippen LogP contribution in [0.1, 0.15) is 36.0 Å². The van der Waals surface area contributed by atoms with Gasteiger partial charge in [0.05, 0.1) is 5.39 Å². The molecular formula is C15H21N3S. The van der Waals surface area contributed by atoms with Gasteiger partial charge in [0.1, 0.15) is 16.5 Å². The number of aromatic nitrogens is 2. The molecule has 0 N–H and O–H groups in total. The highest BCUT2D eigenvalue weighted by Crippen LogP contribution is 2.36. The number of hydrogen-bond acceptors (Lipinski definition) is 4. The molecule has 0 radical (unpaired) electrons. The fourth-order valence-corrected chi connectivity index (χ4v) is 4.01. The van der Waals surface area contributed by atoms with Gasteiger partial charge in [0, 0.05) is 18.0 Å². The van der Waals surface area contributed by atoms with Crippen molar-refractivity contribution in [2.45, 2.75) is 40.5 Å². The zero-order chi connectivity index (χ0) is 13.6. The summed E-state index contributed by atoms with van der Waals surface area (Å²) in [7, 11) is 0. The SMILES string of the molecule is Cc1nc(N2CCCC(C)C2)c2c(C)c(C)sc2n1. The quantitative estimate of drug-likeness (QED) is 0.791. The molecule has 2 aromatic rings. The Morgan fingerprint density at radius 3 is 2.74 bits per heavy atom. The third-order valence-electron chi connectivity index (χ3n) is 4.08. The minimum Gasteiger partial charge on any atom is -0.356 e. The lowest BCUT2D eigenvalue weighted by Crippen LogP contribution is -2.35. The van der Waals surface area contributed by atoms with Crippen LogP contribution in [0.5, 0.6) is 0 Å². The van der Waals surface area contributed by atoms with Gasteiger partial charge in [-0.05, 0) is 45.1 Å². The molecule has 0 bridgehead atoms. The van der Waals surface area contributed by atoms with Crippen LogP contribution in [0.15, 0.2) is 0 Å². The lowest BCUT2D eigenvalue weighted by molar-refractivity contribution is 0.445. The molecule has 0 amide bonds. The Hall–Kier alpha value is -1.16. The molecule has 0 saturated carbocycles. The van der Waals surface area contributed by atoms with E-state index in [1.54, 1.807) is 11.3 Å². The molecule has 1 aliphatic heterocycles. The predicted molar refractivity (Wildman–Crippen MR) is 82.2 cm³/mol. The smallest absolute Gasteiger partial charge is 0.141 e. The van der Waals surface area contributed by atoms with Gasteiger partial charge in [0.15, 0.2) is 0 Å². The first-order valence-electron chi connectivity index (χ1n) is 7.05. The van der Waals surface area contributed by atoms with Crippen molar-refractivity contribution < 1.29 is 0 Å². The van der Waals surface area contributed by atoms with Gasteiger partial charge in [-0.15, -0.1) is 11.3 Å². The largest absolute Gasteiger partial charge is 0.356 e. The van der Waals surface area contributed by atoms with Gasteiger partial charge in [-0.25, -0.2) is 9.97 Å². The van der Waals surface area contributed by atoms with Gasteiger partial charge in [0.25, 0.3) is 0 Å². The van der Waals surface area contributed by atoms with Crippen molar-refractivity contribution in [1.82, 2.24) is 9.97 Å². The minimum atomic E-state index is 0.763. The minimum absolute atomic E-state index is 0.763. The highest BCUT2D eigenvalue weighted by molar-refractivity contribution is 7.18. The van der Waals surface area contributed by atoms with Gasteiger partial charge in [-0.1, -0.05) is 6.92 Å². The molecule has 102 valence electrons. The number of anilines is 1. The van der Waals surface area contributed by atoms with E-state index in [1.807, 2.05) is 6.92 Å². The lowest BCUT2D eigenvalue weighted by Gasteiger charge is -2.32. The van der Waals surface area contributed by atoms with Crippen LogP contribution >= 0.6 is 11.3 Å². The second-order valence-corrected chi connectivity index (χ2v) is 6.95. The zero-order valence-electron chi connectivity index (χ0n) is 12.2. The highest BCUT2D eigenvalue weighted by Gasteiger charge is 2.22. The second kappa shape index (κ2) is 4.75. The van der Waals surface area contributed by atoms with Crippen LogP contribution in [-0.4, -0.2) is 23.1 Å². The van der Waals surface area contributed by atoms with Crippen molar-refractivity contribution in [3.63, 3.8) is 0 Å². The molecule has 1 atom stereocenters. The Morgan fingerprint density at radius 2 is 2.00 bits per heavy atom. The Kier molecular flexibility index (Phi) is 3.21. The van der Waals surface area contributed by atoms with E-state index in [4.69, 9.17) is 4.98 Å². The van der Waals surface area contributed by atoms with Gasteiger partial charge in [-0.2, -0.15) is 0 Å². The number of fused-ring (bicyclic) bond motifs is 1. The van der Waals surface area contributed by atoms with E-state index >= 15 is 0 Å². The topological polar surface area (TPSA) is 29.0 Å². The molecule has 4 heteroatoms. The van der Waals surface area contributed by atoms with Crippen LogP contribution < -0.4 is 4.90 Å². The van der Waals surface area contributed by atoms with Crippen molar-refractivity contribution in [3.8, 4) is 0 Å². The third-order valence-corrected chi connectivity index (χ3v) is 5.18. The summed E-state index contributed by atoms with van der Waals surface area (Å²) in [5.74, 6) is 2.82. The summed E-state index contributed by atoms with van der Waals surface area (Å²) in [6.45, 7) is 11.0. The molecular weight excluding hydrogens is 254 g/mol. The molecule has 1 fully saturated rings. The molecule has 3 nitrogen and oxygen atoms in total. The molecule has 0 aromatic carbocycles. The summed E-state index contributed by atoms with van der Waals surface area (Å²) in [5.41, 5.74) is 1.35. The highest BCUT2D eigenvalue weighted by atomic mass is 32.1. The third kappa shape index (κ3) is 2.22. The zero-order valence-corrected chi connectivity index (χ0v) is 13.0. The van der Waals surface area contributed by atoms with Crippen LogP contribution in [0.25, 0.3) is 10.2 Å². The summed E-state index contributed by atoms with van der Waals surface area (Å²) < 4.78 is 0.